The molecule has 76 valence electrons. The van der Waals surface area contributed by atoms with Crippen LogP contribution in [0.3, 0.4) is 0 Å². The molecule has 0 unspecified atom stereocenters. The van der Waals surface area contributed by atoms with Crippen LogP contribution in [0.2, 0.25) is 0 Å². The van der Waals surface area contributed by atoms with Gasteiger partial charge < -0.3 is 4.90 Å². The molecule has 14 heavy (non-hydrogen) atoms. The predicted octanol–water partition coefficient (Wildman–Crippen LogP) is 3.94. The van der Waals surface area contributed by atoms with Crippen molar-refractivity contribution >= 4 is 37.5 Å². The molecular formula is C11H13Br2N. The van der Waals surface area contributed by atoms with Gasteiger partial charge in [0, 0.05) is 28.6 Å². The molecule has 1 aliphatic rings. The van der Waals surface area contributed by atoms with Crippen LogP contribution in [-0.2, 0) is 5.33 Å². The Morgan fingerprint density at radius 2 is 2.14 bits per heavy atom. The molecule has 1 aromatic carbocycles. The highest BCUT2D eigenvalue weighted by molar-refractivity contribution is 9.10. The van der Waals surface area contributed by atoms with Gasteiger partial charge in [0.1, 0.15) is 0 Å². The second-order valence-corrected chi connectivity index (χ2v) is 5.23. The molecule has 2 rings (SSSR count). The van der Waals surface area contributed by atoms with Crippen LogP contribution in [0.4, 0.5) is 5.69 Å². The first-order chi connectivity index (χ1) is 6.72. The highest BCUT2D eigenvalue weighted by Crippen LogP contribution is 2.34. The van der Waals surface area contributed by atoms with Gasteiger partial charge in [0.05, 0.1) is 0 Å². The summed E-state index contributed by atoms with van der Waals surface area (Å²) in [5, 5.41) is 0.916. The number of hydrogen-bond donors (Lipinski definition) is 0. The van der Waals surface area contributed by atoms with E-state index in [-0.39, 0.29) is 0 Å². The molecule has 1 aromatic rings. The average Bonchev–Trinajstić information content (AvgIpc) is 3.00. The van der Waals surface area contributed by atoms with Crippen LogP contribution in [0.15, 0.2) is 22.7 Å². The fraction of sp³-hybridized carbons (Fsp3) is 0.455. The molecule has 0 amide bonds. The second-order valence-electron chi connectivity index (χ2n) is 3.75. The zero-order chi connectivity index (χ0) is 10.1. The van der Waals surface area contributed by atoms with E-state index >= 15 is 0 Å². The van der Waals surface area contributed by atoms with Gasteiger partial charge in [-0.3, -0.25) is 0 Å². The van der Waals surface area contributed by atoms with E-state index in [9.17, 15) is 0 Å². The summed E-state index contributed by atoms with van der Waals surface area (Å²) in [6, 6.07) is 7.26. The Hall–Kier alpha value is -0.0200. The van der Waals surface area contributed by atoms with Crippen LogP contribution < -0.4 is 4.90 Å². The van der Waals surface area contributed by atoms with Crippen LogP contribution in [-0.4, -0.2) is 13.1 Å². The molecule has 0 bridgehead atoms. The molecule has 0 aliphatic heterocycles. The highest BCUT2D eigenvalue weighted by atomic mass is 79.9. The maximum absolute atomic E-state index is 3.53. The highest BCUT2D eigenvalue weighted by Gasteiger charge is 2.27. The molecule has 0 atom stereocenters. The Morgan fingerprint density at radius 3 is 2.71 bits per heavy atom. The first-order valence-corrected chi connectivity index (χ1v) is 6.71. The standard InChI is InChI=1S/C11H13Br2N/c1-14(10-3-4-10)11-5-2-9(13)6-8(11)7-12/h2,5-6,10H,3-4,7H2,1H3. The number of anilines is 1. The van der Waals surface area contributed by atoms with Crippen molar-refractivity contribution < 1.29 is 0 Å². The van der Waals surface area contributed by atoms with E-state index in [1.165, 1.54) is 24.1 Å². The zero-order valence-corrected chi connectivity index (χ0v) is 11.3. The molecule has 3 heteroatoms. The van der Waals surface area contributed by atoms with Gasteiger partial charge in [-0.15, -0.1) is 0 Å². The number of halogens is 2. The lowest BCUT2D eigenvalue weighted by Crippen LogP contribution is -2.20. The minimum atomic E-state index is 0.772. The van der Waals surface area contributed by atoms with Gasteiger partial charge in [0.2, 0.25) is 0 Å². The van der Waals surface area contributed by atoms with Gasteiger partial charge in [0.25, 0.3) is 0 Å². The lowest BCUT2D eigenvalue weighted by atomic mass is 10.2. The number of nitrogens with zero attached hydrogens (tertiary/aromatic N) is 1. The van der Waals surface area contributed by atoms with Crippen molar-refractivity contribution in [2.45, 2.75) is 24.2 Å². The molecule has 0 radical (unpaired) electrons. The van der Waals surface area contributed by atoms with Crippen LogP contribution in [0.1, 0.15) is 18.4 Å². The van der Waals surface area contributed by atoms with Crippen molar-refractivity contribution in [1.29, 1.82) is 0 Å². The summed E-state index contributed by atoms with van der Waals surface area (Å²) in [6.45, 7) is 0. The Bertz CT molecular complexity index is 334. The fourth-order valence-electron chi connectivity index (χ4n) is 1.66. The lowest BCUT2D eigenvalue weighted by Gasteiger charge is -2.21. The van der Waals surface area contributed by atoms with E-state index in [0.29, 0.717) is 0 Å². The summed E-state index contributed by atoms with van der Waals surface area (Å²) in [5.74, 6) is 0. The molecular weight excluding hydrogens is 306 g/mol. The lowest BCUT2D eigenvalue weighted by molar-refractivity contribution is 0.910. The molecule has 1 saturated carbocycles. The smallest absolute Gasteiger partial charge is 0.0408 e. The van der Waals surface area contributed by atoms with Crippen LogP contribution in [0, 0.1) is 0 Å². The maximum Gasteiger partial charge on any atom is 0.0408 e. The number of benzene rings is 1. The van der Waals surface area contributed by atoms with Crippen molar-refractivity contribution in [3.8, 4) is 0 Å². The molecule has 0 N–H and O–H groups in total. The maximum atomic E-state index is 3.53. The van der Waals surface area contributed by atoms with E-state index < -0.39 is 0 Å². The topological polar surface area (TPSA) is 3.24 Å². The molecule has 1 nitrogen and oxygen atoms in total. The monoisotopic (exact) mass is 317 g/mol. The van der Waals surface area contributed by atoms with Crippen LogP contribution >= 0.6 is 31.9 Å². The predicted molar refractivity (Wildman–Crippen MR) is 68.2 cm³/mol. The number of hydrogen-bond acceptors (Lipinski definition) is 1. The fourth-order valence-corrected chi connectivity index (χ4v) is 2.52. The van der Waals surface area contributed by atoms with Crippen molar-refractivity contribution in [2.75, 3.05) is 11.9 Å². The minimum absolute atomic E-state index is 0.772. The van der Waals surface area contributed by atoms with Gasteiger partial charge in [-0.2, -0.15) is 0 Å². The second kappa shape index (κ2) is 4.23. The normalized spacial score (nSPS) is 15.6. The number of alkyl halides is 1. The van der Waals surface area contributed by atoms with E-state index in [1.54, 1.807) is 0 Å². The summed E-state index contributed by atoms with van der Waals surface area (Å²) < 4.78 is 1.15. The van der Waals surface area contributed by atoms with Crippen LogP contribution in [0.25, 0.3) is 0 Å². The minimum Gasteiger partial charge on any atom is -0.371 e. The van der Waals surface area contributed by atoms with Gasteiger partial charge in [-0.05, 0) is 36.6 Å². The van der Waals surface area contributed by atoms with E-state index in [4.69, 9.17) is 0 Å². The molecule has 0 spiro atoms. The van der Waals surface area contributed by atoms with Gasteiger partial charge in [0.15, 0.2) is 0 Å². The average molecular weight is 319 g/mol. The van der Waals surface area contributed by atoms with Crippen molar-refractivity contribution in [3.63, 3.8) is 0 Å². The van der Waals surface area contributed by atoms with E-state index in [2.05, 4.69) is 62.0 Å². The van der Waals surface area contributed by atoms with Crippen molar-refractivity contribution in [2.24, 2.45) is 0 Å². The number of rotatable bonds is 3. The molecule has 1 aliphatic carbocycles. The Labute approximate surface area is 102 Å². The first-order valence-electron chi connectivity index (χ1n) is 4.79. The Kier molecular flexibility index (Phi) is 3.17. The van der Waals surface area contributed by atoms with E-state index in [0.717, 1.165) is 15.8 Å². The quantitative estimate of drug-likeness (QED) is 0.763. The zero-order valence-electron chi connectivity index (χ0n) is 8.13. The third-order valence-electron chi connectivity index (χ3n) is 2.66. The molecule has 0 heterocycles. The summed E-state index contributed by atoms with van der Waals surface area (Å²) in [5.41, 5.74) is 2.71. The molecule has 0 saturated heterocycles. The molecule has 0 aromatic heterocycles. The summed E-state index contributed by atoms with van der Waals surface area (Å²) in [7, 11) is 2.19. The van der Waals surface area contributed by atoms with E-state index in [1.807, 2.05) is 0 Å². The third-order valence-corrected chi connectivity index (χ3v) is 3.76. The van der Waals surface area contributed by atoms with Crippen molar-refractivity contribution in [1.82, 2.24) is 0 Å². The first kappa shape index (κ1) is 10.5. The van der Waals surface area contributed by atoms with Crippen LogP contribution in [0.5, 0.6) is 0 Å². The Balaban J connectivity index is 2.30. The Morgan fingerprint density at radius 1 is 1.43 bits per heavy atom. The summed E-state index contributed by atoms with van der Waals surface area (Å²) in [4.78, 5) is 2.39. The summed E-state index contributed by atoms with van der Waals surface area (Å²) in [6.07, 6.45) is 2.68. The van der Waals surface area contributed by atoms with Gasteiger partial charge in [-0.25, -0.2) is 0 Å². The van der Waals surface area contributed by atoms with Gasteiger partial charge >= 0.3 is 0 Å². The molecule has 1 fully saturated rings. The van der Waals surface area contributed by atoms with Gasteiger partial charge in [-0.1, -0.05) is 31.9 Å². The largest absolute Gasteiger partial charge is 0.371 e. The van der Waals surface area contributed by atoms with Crippen molar-refractivity contribution in [3.05, 3.63) is 28.2 Å². The third kappa shape index (κ3) is 2.14. The summed E-state index contributed by atoms with van der Waals surface area (Å²) >= 11 is 7.03. The SMILES string of the molecule is CN(c1ccc(Br)cc1CBr)C1CC1.